The van der Waals surface area contributed by atoms with Crippen molar-refractivity contribution in [2.75, 3.05) is 12.4 Å². The Morgan fingerprint density at radius 2 is 2.00 bits per heavy atom. The molecule has 1 aromatic rings. The molecule has 0 fully saturated rings. The monoisotopic (exact) mass is 296 g/mol. The van der Waals surface area contributed by atoms with Gasteiger partial charge >= 0.3 is 16.1 Å². The molecule has 0 bridgehead atoms. The minimum atomic E-state index is -3.68. The van der Waals surface area contributed by atoms with Crippen molar-refractivity contribution >= 4 is 16.1 Å². The first kappa shape index (κ1) is 14.6. The van der Waals surface area contributed by atoms with E-state index in [9.17, 15) is 13.2 Å². The number of carbonyl (C=O) groups excluding carboxylic acids is 1. The third-order valence-corrected chi connectivity index (χ3v) is 4.29. The number of esters is 1. The van der Waals surface area contributed by atoms with Crippen molar-refractivity contribution in [3.63, 3.8) is 0 Å². The number of benzene rings is 1. The molecule has 1 aliphatic heterocycles. The van der Waals surface area contributed by atoms with Gasteiger partial charge in [-0.3, -0.25) is 0 Å². The van der Waals surface area contributed by atoms with Crippen LogP contribution in [0.4, 0.5) is 0 Å². The number of hydrogen-bond donors (Lipinski definition) is 0. The molecule has 1 heterocycles. The Balaban J connectivity index is 2.50. The van der Waals surface area contributed by atoms with Crippen LogP contribution in [0.15, 0.2) is 41.7 Å². The summed E-state index contributed by atoms with van der Waals surface area (Å²) in [4.78, 5) is 12.0. The largest absolute Gasteiger partial charge is 0.463 e. The Kier molecular flexibility index (Phi) is 4.13. The second kappa shape index (κ2) is 5.66. The quantitative estimate of drug-likeness (QED) is 0.630. The van der Waals surface area contributed by atoms with Gasteiger partial charge in [-0.05, 0) is 19.4 Å². The van der Waals surface area contributed by atoms with Crippen molar-refractivity contribution < 1.29 is 22.1 Å². The van der Waals surface area contributed by atoms with Crippen LogP contribution in [-0.4, -0.2) is 26.7 Å². The summed E-state index contributed by atoms with van der Waals surface area (Å²) in [6, 6.07) is 9.01. The number of rotatable bonds is 3. The molecule has 0 spiro atoms. The van der Waals surface area contributed by atoms with Crippen LogP contribution in [-0.2, 0) is 23.8 Å². The molecule has 0 amide bonds. The molecule has 108 valence electrons. The maximum absolute atomic E-state index is 12.0. The summed E-state index contributed by atoms with van der Waals surface area (Å²) < 4.78 is 33.4. The van der Waals surface area contributed by atoms with Gasteiger partial charge in [0.25, 0.3) is 0 Å². The van der Waals surface area contributed by atoms with Gasteiger partial charge in [0.05, 0.1) is 17.9 Å². The van der Waals surface area contributed by atoms with E-state index in [-0.39, 0.29) is 23.7 Å². The van der Waals surface area contributed by atoms with Crippen molar-refractivity contribution in [2.45, 2.75) is 19.8 Å². The van der Waals surface area contributed by atoms with Crippen molar-refractivity contribution in [2.24, 2.45) is 0 Å². The molecule has 0 saturated carbocycles. The third kappa shape index (κ3) is 3.01. The van der Waals surface area contributed by atoms with Gasteiger partial charge in [-0.25, -0.2) is 4.79 Å². The number of ether oxygens (including phenoxy) is 1. The lowest BCUT2D eigenvalue weighted by Crippen LogP contribution is -2.29. The Hall–Kier alpha value is -1.82. The molecule has 1 aromatic carbocycles. The van der Waals surface area contributed by atoms with E-state index < -0.39 is 22.0 Å². The predicted octanol–water partition coefficient (Wildman–Crippen LogP) is 1.97. The van der Waals surface area contributed by atoms with E-state index in [1.807, 2.05) is 6.07 Å². The zero-order valence-corrected chi connectivity index (χ0v) is 12.1. The summed E-state index contributed by atoms with van der Waals surface area (Å²) in [7, 11) is -3.68. The zero-order valence-electron chi connectivity index (χ0n) is 11.3. The highest BCUT2D eigenvalue weighted by atomic mass is 32.2. The van der Waals surface area contributed by atoms with Gasteiger partial charge in [0.15, 0.2) is 0 Å². The Bertz CT molecular complexity index is 631. The van der Waals surface area contributed by atoms with E-state index >= 15 is 0 Å². The Labute approximate surface area is 118 Å². The molecule has 1 unspecified atom stereocenters. The molecule has 0 N–H and O–H groups in total. The molecule has 0 saturated heterocycles. The average molecular weight is 296 g/mol. The minimum Gasteiger partial charge on any atom is -0.463 e. The van der Waals surface area contributed by atoms with Gasteiger partial charge in [-0.1, -0.05) is 30.3 Å². The van der Waals surface area contributed by atoms with Crippen LogP contribution in [0, 0.1) is 0 Å². The smallest absolute Gasteiger partial charge is 0.338 e. The Morgan fingerprint density at radius 3 is 2.60 bits per heavy atom. The second-order valence-electron chi connectivity index (χ2n) is 4.46. The molecular weight excluding hydrogens is 280 g/mol. The van der Waals surface area contributed by atoms with E-state index in [4.69, 9.17) is 8.92 Å². The van der Waals surface area contributed by atoms with Crippen LogP contribution in [0.2, 0.25) is 0 Å². The normalized spacial score (nSPS) is 21.2. The van der Waals surface area contributed by atoms with Crippen LogP contribution >= 0.6 is 0 Å². The maximum atomic E-state index is 12.0. The number of hydrogen-bond acceptors (Lipinski definition) is 5. The fraction of sp³-hybridized carbons (Fsp3) is 0.357. The van der Waals surface area contributed by atoms with Gasteiger partial charge in [-0.15, -0.1) is 0 Å². The number of carbonyl (C=O) groups is 1. The summed E-state index contributed by atoms with van der Waals surface area (Å²) in [5, 5.41) is 0. The first-order chi connectivity index (χ1) is 9.44. The molecule has 0 radical (unpaired) electrons. The van der Waals surface area contributed by atoms with E-state index in [0.717, 1.165) is 5.56 Å². The first-order valence-electron chi connectivity index (χ1n) is 6.29. The van der Waals surface area contributed by atoms with Crippen molar-refractivity contribution in [1.29, 1.82) is 0 Å². The molecular formula is C14H16O5S. The minimum absolute atomic E-state index is 0.0866. The lowest BCUT2D eigenvalue weighted by Gasteiger charge is -2.26. The predicted molar refractivity (Wildman–Crippen MR) is 73.4 cm³/mol. The van der Waals surface area contributed by atoms with Gasteiger partial charge in [0.1, 0.15) is 5.76 Å². The van der Waals surface area contributed by atoms with Gasteiger partial charge in [-0.2, -0.15) is 8.42 Å². The first-order valence-corrected chi connectivity index (χ1v) is 7.87. The van der Waals surface area contributed by atoms with E-state index in [1.54, 1.807) is 31.2 Å². The van der Waals surface area contributed by atoms with Crippen LogP contribution in [0.25, 0.3) is 0 Å². The number of allylic oxidation sites excluding steroid dienone is 1. The summed E-state index contributed by atoms with van der Waals surface area (Å²) >= 11 is 0. The van der Waals surface area contributed by atoms with Gasteiger partial charge in [0.2, 0.25) is 0 Å². The van der Waals surface area contributed by atoms with E-state index in [0.29, 0.717) is 0 Å². The fourth-order valence-corrected chi connectivity index (χ4v) is 3.55. The highest BCUT2D eigenvalue weighted by Crippen LogP contribution is 2.34. The molecule has 1 atom stereocenters. The standard InChI is InChI=1S/C14H16O5S/c1-3-18-14(15)13-10(2)19-20(16,17)9-12(13)11-7-5-4-6-8-11/h4-8,12H,3,9H2,1-2H3. The molecule has 0 aromatic heterocycles. The van der Waals surface area contributed by atoms with E-state index in [1.165, 1.54) is 6.92 Å². The summed E-state index contributed by atoms with van der Waals surface area (Å²) in [6.45, 7) is 3.40. The van der Waals surface area contributed by atoms with Crippen LogP contribution < -0.4 is 0 Å². The van der Waals surface area contributed by atoms with E-state index in [2.05, 4.69) is 0 Å². The zero-order chi connectivity index (χ0) is 14.8. The maximum Gasteiger partial charge on any atom is 0.338 e. The van der Waals surface area contributed by atoms with Gasteiger partial charge in [0, 0.05) is 5.92 Å². The average Bonchev–Trinajstić information content (AvgIpc) is 2.38. The molecule has 5 nitrogen and oxygen atoms in total. The van der Waals surface area contributed by atoms with Crippen molar-refractivity contribution in [3.8, 4) is 0 Å². The lowest BCUT2D eigenvalue weighted by atomic mass is 9.92. The third-order valence-electron chi connectivity index (χ3n) is 3.05. The van der Waals surface area contributed by atoms with Crippen molar-refractivity contribution in [1.82, 2.24) is 0 Å². The SMILES string of the molecule is CCOC(=O)C1=C(C)OS(=O)(=O)CC1c1ccccc1. The molecule has 6 heteroatoms. The molecule has 0 aliphatic carbocycles. The summed E-state index contributed by atoms with van der Waals surface area (Å²) in [5.41, 5.74) is 1.02. The van der Waals surface area contributed by atoms with Crippen LogP contribution in [0.3, 0.4) is 0 Å². The molecule has 2 rings (SSSR count). The molecule has 1 aliphatic rings. The highest BCUT2D eigenvalue weighted by molar-refractivity contribution is 7.86. The summed E-state index contributed by atoms with van der Waals surface area (Å²) in [5.74, 6) is -1.27. The fourth-order valence-electron chi connectivity index (χ4n) is 2.25. The lowest BCUT2D eigenvalue weighted by molar-refractivity contribution is -0.139. The Morgan fingerprint density at radius 1 is 1.35 bits per heavy atom. The van der Waals surface area contributed by atoms with Crippen LogP contribution in [0.1, 0.15) is 25.3 Å². The van der Waals surface area contributed by atoms with Crippen LogP contribution in [0.5, 0.6) is 0 Å². The van der Waals surface area contributed by atoms with Gasteiger partial charge < -0.3 is 8.92 Å². The van der Waals surface area contributed by atoms with Crippen molar-refractivity contribution in [3.05, 3.63) is 47.2 Å². The topological polar surface area (TPSA) is 69.7 Å². The highest BCUT2D eigenvalue weighted by Gasteiger charge is 2.37. The summed E-state index contributed by atoms with van der Waals surface area (Å²) in [6.07, 6.45) is 0. The second-order valence-corrected chi connectivity index (χ2v) is 6.08. The molecule has 20 heavy (non-hydrogen) atoms.